The van der Waals surface area contributed by atoms with Crippen LogP contribution < -0.4 is 10.9 Å². The number of aromatic nitrogens is 2. The van der Waals surface area contributed by atoms with Crippen molar-refractivity contribution < 1.29 is 9.53 Å². The van der Waals surface area contributed by atoms with Crippen LogP contribution in [0, 0.1) is 5.92 Å². The van der Waals surface area contributed by atoms with Crippen LogP contribution in [0.5, 0.6) is 0 Å². The van der Waals surface area contributed by atoms with Gasteiger partial charge in [-0.25, -0.2) is 9.78 Å². The molecular formula is C17H22ClN3O3S. The van der Waals surface area contributed by atoms with Crippen LogP contribution in [-0.4, -0.2) is 27.5 Å². The average Bonchev–Trinajstić information content (AvgIpc) is 2.51. The molecule has 0 saturated carbocycles. The van der Waals surface area contributed by atoms with Crippen molar-refractivity contribution in [2.45, 2.75) is 44.5 Å². The predicted molar refractivity (Wildman–Crippen MR) is 101 cm³/mol. The van der Waals surface area contributed by atoms with Crippen LogP contribution in [0.4, 0.5) is 10.5 Å². The highest BCUT2D eigenvalue weighted by Crippen LogP contribution is 2.22. The fourth-order valence-electron chi connectivity index (χ4n) is 2.31. The Bertz CT molecular complexity index is 765. The minimum Gasteiger partial charge on any atom is -0.444 e. The highest BCUT2D eigenvalue weighted by atomic mass is 35.5. The van der Waals surface area contributed by atoms with Gasteiger partial charge in [0.05, 0.1) is 6.20 Å². The van der Waals surface area contributed by atoms with Gasteiger partial charge in [0.1, 0.15) is 11.3 Å². The molecule has 0 saturated heterocycles. The van der Waals surface area contributed by atoms with E-state index in [0.717, 1.165) is 6.42 Å². The van der Waals surface area contributed by atoms with E-state index in [4.69, 9.17) is 16.3 Å². The van der Waals surface area contributed by atoms with Crippen molar-refractivity contribution in [3.8, 4) is 0 Å². The van der Waals surface area contributed by atoms with Crippen molar-refractivity contribution in [3.05, 3.63) is 39.8 Å². The van der Waals surface area contributed by atoms with Gasteiger partial charge in [-0.05, 0) is 45.4 Å². The largest absolute Gasteiger partial charge is 0.444 e. The number of nitrogens with one attached hydrogen (secondary N) is 1. The summed E-state index contributed by atoms with van der Waals surface area (Å²) >= 11 is 7.32. The second-order valence-corrected chi connectivity index (χ2v) is 7.85. The normalized spacial score (nSPS) is 17.2. The number of thioether (sulfide) groups is 1. The molecule has 1 aliphatic carbocycles. The second-order valence-electron chi connectivity index (χ2n) is 6.65. The summed E-state index contributed by atoms with van der Waals surface area (Å²) in [4.78, 5) is 29.0. The van der Waals surface area contributed by atoms with Gasteiger partial charge in [0.15, 0.2) is 5.16 Å². The lowest BCUT2D eigenvalue weighted by atomic mass is 10.0. The topological polar surface area (TPSA) is 73.2 Å². The predicted octanol–water partition coefficient (Wildman–Crippen LogP) is 4.01. The highest BCUT2D eigenvalue weighted by molar-refractivity contribution is 7.98. The van der Waals surface area contributed by atoms with Crippen molar-refractivity contribution in [2.75, 3.05) is 11.6 Å². The van der Waals surface area contributed by atoms with Crippen molar-refractivity contribution in [2.24, 2.45) is 5.92 Å². The Hall–Kier alpha value is -1.73. The Balaban J connectivity index is 2.22. The number of allylic oxidation sites excluding steroid dienone is 4. The molecule has 0 fully saturated rings. The molecule has 1 N–H and O–H groups in total. The third-order valence-electron chi connectivity index (χ3n) is 3.39. The van der Waals surface area contributed by atoms with E-state index in [1.165, 1.54) is 18.0 Å². The van der Waals surface area contributed by atoms with Crippen molar-refractivity contribution in [1.82, 2.24) is 9.55 Å². The fourth-order valence-corrected chi connectivity index (χ4v) is 3.01. The Morgan fingerprint density at radius 3 is 2.80 bits per heavy atom. The Labute approximate surface area is 156 Å². The smallest absolute Gasteiger partial charge is 0.412 e. The standard InChI is InChI=1S/C17H22ClN3O3S/c1-17(2,3)24-16(23)20-13-9-19-15(25-4)21(14(13)22)10-11-5-7-12(18)8-6-11/h5,7-9,11H,6,10H2,1-4H3,(H,20,23). The molecule has 1 aliphatic rings. The summed E-state index contributed by atoms with van der Waals surface area (Å²) in [5, 5.41) is 3.78. The van der Waals surface area contributed by atoms with E-state index in [0.29, 0.717) is 16.7 Å². The van der Waals surface area contributed by atoms with Gasteiger partial charge >= 0.3 is 6.09 Å². The lowest BCUT2D eigenvalue weighted by molar-refractivity contribution is 0.0635. The van der Waals surface area contributed by atoms with E-state index in [-0.39, 0.29) is 17.2 Å². The molecule has 2 rings (SSSR count). The Morgan fingerprint density at radius 2 is 2.24 bits per heavy atom. The SMILES string of the molecule is CSc1ncc(NC(=O)OC(C)(C)C)c(=O)n1CC1C=CC(Cl)=CC1. The van der Waals surface area contributed by atoms with Crippen molar-refractivity contribution in [3.63, 3.8) is 0 Å². The molecule has 0 aliphatic heterocycles. The summed E-state index contributed by atoms with van der Waals surface area (Å²) < 4.78 is 6.76. The summed E-state index contributed by atoms with van der Waals surface area (Å²) in [5.41, 5.74) is -0.853. The van der Waals surface area contributed by atoms with Gasteiger partial charge in [-0.3, -0.25) is 14.7 Å². The third kappa shape index (κ3) is 5.64. The van der Waals surface area contributed by atoms with Crippen LogP contribution in [0.2, 0.25) is 0 Å². The van der Waals surface area contributed by atoms with E-state index in [1.54, 1.807) is 25.3 Å². The summed E-state index contributed by atoms with van der Waals surface area (Å²) in [6, 6.07) is 0. The summed E-state index contributed by atoms with van der Waals surface area (Å²) in [6.45, 7) is 5.74. The third-order valence-corrected chi connectivity index (χ3v) is 4.36. The number of amides is 1. The number of anilines is 1. The molecule has 136 valence electrons. The van der Waals surface area contributed by atoms with Crippen molar-refractivity contribution >= 4 is 35.1 Å². The lowest BCUT2D eigenvalue weighted by Gasteiger charge is -2.20. The van der Waals surface area contributed by atoms with E-state index in [2.05, 4.69) is 10.3 Å². The Morgan fingerprint density at radius 1 is 1.52 bits per heavy atom. The molecular weight excluding hydrogens is 362 g/mol. The molecule has 1 unspecified atom stereocenters. The first-order chi connectivity index (χ1) is 11.7. The van der Waals surface area contributed by atoms with Crippen LogP contribution >= 0.6 is 23.4 Å². The van der Waals surface area contributed by atoms with Crippen LogP contribution in [0.1, 0.15) is 27.2 Å². The first kappa shape index (κ1) is 19.6. The molecule has 25 heavy (non-hydrogen) atoms. The minimum atomic E-state index is -0.679. The van der Waals surface area contributed by atoms with E-state index in [1.807, 2.05) is 24.5 Å². The van der Waals surface area contributed by atoms with Gasteiger partial charge in [-0.1, -0.05) is 35.5 Å². The van der Waals surface area contributed by atoms with Gasteiger partial charge in [-0.2, -0.15) is 0 Å². The molecule has 1 heterocycles. The second kappa shape index (κ2) is 8.10. The maximum absolute atomic E-state index is 12.8. The zero-order valence-electron chi connectivity index (χ0n) is 14.7. The number of rotatable bonds is 4. The van der Waals surface area contributed by atoms with Crippen LogP contribution in [0.25, 0.3) is 0 Å². The fraction of sp³-hybridized carbons (Fsp3) is 0.471. The number of ether oxygens (including phenoxy) is 1. The molecule has 0 bridgehead atoms. The number of halogens is 1. The summed E-state index contributed by atoms with van der Waals surface area (Å²) in [5.74, 6) is 0.143. The molecule has 8 heteroatoms. The number of nitrogens with zero attached hydrogens (tertiary/aromatic N) is 2. The number of hydrogen-bond donors (Lipinski definition) is 1. The lowest BCUT2D eigenvalue weighted by Crippen LogP contribution is -2.32. The molecule has 1 atom stereocenters. The first-order valence-corrected chi connectivity index (χ1v) is 9.47. The van der Waals surface area contributed by atoms with Gasteiger partial charge in [0.25, 0.3) is 5.56 Å². The summed E-state index contributed by atoms with van der Waals surface area (Å²) in [7, 11) is 0. The van der Waals surface area contributed by atoms with E-state index < -0.39 is 11.7 Å². The molecule has 0 radical (unpaired) electrons. The van der Waals surface area contributed by atoms with Gasteiger partial charge in [0, 0.05) is 11.6 Å². The quantitative estimate of drug-likeness (QED) is 0.628. The monoisotopic (exact) mass is 383 g/mol. The maximum Gasteiger partial charge on any atom is 0.412 e. The number of hydrogen-bond acceptors (Lipinski definition) is 5. The first-order valence-electron chi connectivity index (χ1n) is 7.87. The van der Waals surface area contributed by atoms with Gasteiger partial charge in [0.2, 0.25) is 0 Å². The number of carbonyl (C=O) groups excluding carboxylic acids is 1. The van der Waals surface area contributed by atoms with Crippen LogP contribution in [-0.2, 0) is 11.3 Å². The minimum absolute atomic E-state index is 0.0976. The van der Waals surface area contributed by atoms with Gasteiger partial charge in [-0.15, -0.1) is 0 Å². The van der Waals surface area contributed by atoms with Crippen LogP contribution in [0.15, 0.2) is 39.4 Å². The Kier molecular flexibility index (Phi) is 6.35. The average molecular weight is 384 g/mol. The van der Waals surface area contributed by atoms with Gasteiger partial charge < -0.3 is 4.74 Å². The highest BCUT2D eigenvalue weighted by Gasteiger charge is 2.20. The molecule has 6 nitrogen and oxygen atoms in total. The molecule has 1 amide bonds. The van der Waals surface area contributed by atoms with Crippen LogP contribution in [0.3, 0.4) is 0 Å². The molecule has 1 aromatic rings. The van der Waals surface area contributed by atoms with Crippen molar-refractivity contribution in [1.29, 1.82) is 0 Å². The molecule has 1 aromatic heterocycles. The summed E-state index contributed by atoms with van der Waals surface area (Å²) in [6.07, 6.45) is 9.02. The number of carbonyl (C=O) groups is 1. The maximum atomic E-state index is 12.8. The molecule has 0 spiro atoms. The van der Waals surface area contributed by atoms with E-state index in [9.17, 15) is 9.59 Å². The zero-order valence-corrected chi connectivity index (χ0v) is 16.3. The van der Waals surface area contributed by atoms with E-state index >= 15 is 0 Å². The zero-order chi connectivity index (χ0) is 18.6. The molecule has 0 aromatic carbocycles.